The van der Waals surface area contributed by atoms with Crippen LogP contribution >= 0.6 is 0 Å². The molecule has 0 aromatic heterocycles. The van der Waals surface area contributed by atoms with Gasteiger partial charge >= 0.3 is 0 Å². The molecule has 0 saturated carbocycles. The standard InChI is InChI=1S/C13H21NO/c1-2-3-4-5-6-8-11-9-7-10-12(15)13(11)14/h7,9-10,15H,2-6,8,14H2,1H3. The van der Waals surface area contributed by atoms with Gasteiger partial charge in [0.2, 0.25) is 0 Å². The van der Waals surface area contributed by atoms with Crippen LogP contribution in [0.1, 0.15) is 44.6 Å². The van der Waals surface area contributed by atoms with Crippen molar-refractivity contribution in [2.24, 2.45) is 0 Å². The molecule has 0 aliphatic carbocycles. The molecule has 0 fully saturated rings. The smallest absolute Gasteiger partial charge is 0.138 e. The Bertz CT molecular complexity index is 297. The lowest BCUT2D eigenvalue weighted by atomic mass is 10.0. The molecule has 0 saturated heterocycles. The maximum absolute atomic E-state index is 9.42. The zero-order valence-corrected chi connectivity index (χ0v) is 9.50. The second-order valence-corrected chi connectivity index (χ2v) is 4.01. The molecule has 0 aliphatic rings. The highest BCUT2D eigenvalue weighted by Gasteiger charge is 2.02. The molecule has 0 spiro atoms. The van der Waals surface area contributed by atoms with E-state index in [0.717, 1.165) is 18.4 Å². The first-order valence-electron chi connectivity index (χ1n) is 5.82. The molecule has 84 valence electrons. The first kappa shape index (κ1) is 11.9. The molecule has 0 heterocycles. The predicted octanol–water partition coefficient (Wildman–Crippen LogP) is 3.49. The second-order valence-electron chi connectivity index (χ2n) is 4.01. The van der Waals surface area contributed by atoms with Gasteiger partial charge in [0, 0.05) is 0 Å². The normalized spacial score (nSPS) is 10.5. The minimum atomic E-state index is 0.209. The third-order valence-corrected chi connectivity index (χ3v) is 2.72. The summed E-state index contributed by atoms with van der Waals surface area (Å²) < 4.78 is 0. The van der Waals surface area contributed by atoms with Crippen molar-refractivity contribution in [1.29, 1.82) is 0 Å². The molecule has 3 N–H and O–H groups in total. The molecule has 2 nitrogen and oxygen atoms in total. The predicted molar refractivity (Wildman–Crippen MR) is 65.0 cm³/mol. The van der Waals surface area contributed by atoms with Crippen molar-refractivity contribution in [3.05, 3.63) is 23.8 Å². The van der Waals surface area contributed by atoms with Crippen molar-refractivity contribution in [2.75, 3.05) is 5.73 Å². The Labute approximate surface area is 92.1 Å². The Morgan fingerprint density at radius 2 is 1.87 bits per heavy atom. The molecule has 1 aromatic rings. The van der Waals surface area contributed by atoms with Crippen LogP contribution in [0.5, 0.6) is 5.75 Å². The maximum Gasteiger partial charge on any atom is 0.138 e. The van der Waals surface area contributed by atoms with Gasteiger partial charge in [-0.3, -0.25) is 0 Å². The lowest BCUT2D eigenvalue weighted by molar-refractivity contribution is 0.477. The highest BCUT2D eigenvalue weighted by molar-refractivity contribution is 5.57. The molecular weight excluding hydrogens is 186 g/mol. The number of hydrogen-bond donors (Lipinski definition) is 2. The van der Waals surface area contributed by atoms with E-state index >= 15 is 0 Å². The summed E-state index contributed by atoms with van der Waals surface area (Å²) in [5.41, 5.74) is 7.40. The molecule has 0 amide bonds. The van der Waals surface area contributed by atoms with Crippen LogP contribution < -0.4 is 5.73 Å². The van der Waals surface area contributed by atoms with E-state index in [0.29, 0.717) is 5.69 Å². The van der Waals surface area contributed by atoms with Gasteiger partial charge in [-0.25, -0.2) is 0 Å². The van der Waals surface area contributed by atoms with Gasteiger partial charge in [0.25, 0.3) is 0 Å². The van der Waals surface area contributed by atoms with Crippen LogP contribution in [-0.2, 0) is 6.42 Å². The summed E-state index contributed by atoms with van der Waals surface area (Å²) in [7, 11) is 0. The topological polar surface area (TPSA) is 46.2 Å². The highest BCUT2D eigenvalue weighted by atomic mass is 16.3. The number of phenols is 1. The fourth-order valence-electron chi connectivity index (χ4n) is 1.74. The number of rotatable bonds is 6. The summed E-state index contributed by atoms with van der Waals surface area (Å²) in [6.07, 6.45) is 7.28. The molecule has 15 heavy (non-hydrogen) atoms. The van der Waals surface area contributed by atoms with Gasteiger partial charge in [-0.2, -0.15) is 0 Å². The van der Waals surface area contributed by atoms with Crippen molar-refractivity contribution in [1.82, 2.24) is 0 Å². The van der Waals surface area contributed by atoms with Crippen LogP contribution in [0, 0.1) is 0 Å². The lowest BCUT2D eigenvalue weighted by Gasteiger charge is -2.06. The number of nitrogen functional groups attached to an aromatic ring is 1. The van der Waals surface area contributed by atoms with E-state index in [1.807, 2.05) is 12.1 Å². The fraction of sp³-hybridized carbons (Fsp3) is 0.538. The quantitative estimate of drug-likeness (QED) is 0.426. The number of benzene rings is 1. The van der Waals surface area contributed by atoms with Gasteiger partial charge < -0.3 is 10.8 Å². The molecule has 0 unspecified atom stereocenters. The van der Waals surface area contributed by atoms with Crippen molar-refractivity contribution in [2.45, 2.75) is 45.4 Å². The van der Waals surface area contributed by atoms with E-state index in [1.54, 1.807) is 6.07 Å². The van der Waals surface area contributed by atoms with Gasteiger partial charge in [-0.15, -0.1) is 0 Å². The van der Waals surface area contributed by atoms with Gasteiger partial charge in [0.1, 0.15) is 5.75 Å². The van der Waals surface area contributed by atoms with E-state index in [1.165, 1.54) is 25.7 Å². The van der Waals surface area contributed by atoms with Crippen LogP contribution in [0.2, 0.25) is 0 Å². The Balaban J connectivity index is 2.34. The van der Waals surface area contributed by atoms with Gasteiger partial charge in [-0.1, -0.05) is 44.7 Å². The Morgan fingerprint density at radius 1 is 1.13 bits per heavy atom. The molecule has 0 atom stereocenters. The summed E-state index contributed by atoms with van der Waals surface area (Å²) >= 11 is 0. The van der Waals surface area contributed by atoms with Crippen molar-refractivity contribution < 1.29 is 5.11 Å². The van der Waals surface area contributed by atoms with E-state index in [4.69, 9.17) is 5.73 Å². The number of nitrogens with two attached hydrogens (primary N) is 1. The lowest BCUT2D eigenvalue weighted by Crippen LogP contribution is -1.94. The molecule has 2 heteroatoms. The molecular formula is C13H21NO. The van der Waals surface area contributed by atoms with Crippen LogP contribution in [0.15, 0.2) is 18.2 Å². The molecule has 1 aromatic carbocycles. The van der Waals surface area contributed by atoms with Gasteiger partial charge in [-0.05, 0) is 24.5 Å². The number of phenolic OH excluding ortho intramolecular Hbond substituents is 1. The number of aryl methyl sites for hydroxylation is 1. The number of para-hydroxylation sites is 1. The number of hydrogen-bond acceptors (Lipinski definition) is 2. The van der Waals surface area contributed by atoms with Crippen LogP contribution in [0.4, 0.5) is 5.69 Å². The molecule has 0 radical (unpaired) electrons. The highest BCUT2D eigenvalue weighted by Crippen LogP contribution is 2.24. The fourth-order valence-corrected chi connectivity index (χ4v) is 1.74. The number of anilines is 1. The maximum atomic E-state index is 9.42. The van der Waals surface area contributed by atoms with Crippen LogP contribution in [0.3, 0.4) is 0 Å². The van der Waals surface area contributed by atoms with Crippen molar-refractivity contribution >= 4 is 5.69 Å². The van der Waals surface area contributed by atoms with Gasteiger partial charge in [0.15, 0.2) is 0 Å². The largest absolute Gasteiger partial charge is 0.506 e. The summed E-state index contributed by atoms with van der Waals surface area (Å²) in [6, 6.07) is 5.48. The van der Waals surface area contributed by atoms with E-state index < -0.39 is 0 Å². The van der Waals surface area contributed by atoms with Gasteiger partial charge in [0.05, 0.1) is 5.69 Å². The van der Waals surface area contributed by atoms with Crippen molar-refractivity contribution in [3.63, 3.8) is 0 Å². The van der Waals surface area contributed by atoms with E-state index in [-0.39, 0.29) is 5.75 Å². The zero-order valence-electron chi connectivity index (χ0n) is 9.50. The minimum absolute atomic E-state index is 0.209. The van der Waals surface area contributed by atoms with Crippen LogP contribution in [0.25, 0.3) is 0 Å². The number of aromatic hydroxyl groups is 1. The first-order chi connectivity index (χ1) is 7.25. The monoisotopic (exact) mass is 207 g/mol. The third-order valence-electron chi connectivity index (χ3n) is 2.72. The summed E-state index contributed by atoms with van der Waals surface area (Å²) in [6.45, 7) is 2.22. The number of unbranched alkanes of at least 4 members (excludes halogenated alkanes) is 4. The van der Waals surface area contributed by atoms with E-state index in [9.17, 15) is 5.11 Å². The SMILES string of the molecule is CCCCCCCc1cccc(O)c1N. The summed E-state index contributed by atoms with van der Waals surface area (Å²) in [5, 5.41) is 9.42. The second kappa shape index (κ2) is 6.33. The average Bonchev–Trinajstić information content (AvgIpc) is 2.24. The Hall–Kier alpha value is -1.18. The molecule has 0 bridgehead atoms. The molecule has 1 rings (SSSR count). The zero-order chi connectivity index (χ0) is 11.1. The average molecular weight is 207 g/mol. The van der Waals surface area contributed by atoms with Crippen molar-refractivity contribution in [3.8, 4) is 5.75 Å². The van der Waals surface area contributed by atoms with Crippen LogP contribution in [-0.4, -0.2) is 5.11 Å². The summed E-state index contributed by atoms with van der Waals surface area (Å²) in [4.78, 5) is 0. The first-order valence-corrected chi connectivity index (χ1v) is 5.82. The third kappa shape index (κ3) is 3.82. The van der Waals surface area contributed by atoms with E-state index in [2.05, 4.69) is 6.92 Å². The molecule has 0 aliphatic heterocycles. The Kier molecular flexibility index (Phi) is 5.02. The summed E-state index contributed by atoms with van der Waals surface area (Å²) in [5.74, 6) is 0.209. The minimum Gasteiger partial charge on any atom is -0.506 e. The Morgan fingerprint density at radius 3 is 2.60 bits per heavy atom.